The Balaban J connectivity index is 1.81. The molecule has 7 nitrogen and oxygen atoms in total. The number of nitrogens with two attached hydrogens (primary N) is 1. The third kappa shape index (κ3) is 3.24. The highest BCUT2D eigenvalue weighted by Gasteiger charge is 2.09. The predicted octanol–water partition coefficient (Wildman–Crippen LogP) is 2.08. The normalized spacial score (nSPS) is 10.9. The molecule has 3 N–H and O–H groups in total. The molecule has 1 aromatic carbocycles. The van der Waals surface area contributed by atoms with Crippen molar-refractivity contribution >= 4 is 39.5 Å². The minimum absolute atomic E-state index is 0.213. The number of hydrogen-bond acceptors (Lipinski definition) is 6. The average Bonchev–Trinajstić information content (AvgIpc) is 2.96. The zero-order valence-electron chi connectivity index (χ0n) is 12.7. The molecule has 0 atom stereocenters. The number of aryl methyl sites for hydroxylation is 1. The summed E-state index contributed by atoms with van der Waals surface area (Å²) >= 11 is 7.41. The van der Waals surface area contributed by atoms with E-state index in [-0.39, 0.29) is 16.1 Å². The van der Waals surface area contributed by atoms with Gasteiger partial charge in [0.05, 0.1) is 22.8 Å². The van der Waals surface area contributed by atoms with E-state index in [2.05, 4.69) is 15.4 Å². The van der Waals surface area contributed by atoms with Gasteiger partial charge in [-0.3, -0.25) is 9.59 Å². The number of primary amides is 1. The Kier molecular flexibility index (Phi) is 4.50. The molecule has 2 aromatic heterocycles. The van der Waals surface area contributed by atoms with Crippen molar-refractivity contribution in [2.24, 2.45) is 5.73 Å². The molecule has 0 saturated heterocycles. The quantitative estimate of drug-likeness (QED) is 0.722. The fourth-order valence-corrected chi connectivity index (χ4v) is 3.28. The number of carbonyl (C=O) groups is 1. The van der Waals surface area contributed by atoms with E-state index in [1.165, 1.54) is 21.9 Å². The van der Waals surface area contributed by atoms with E-state index >= 15 is 0 Å². The smallest absolute Gasteiger partial charge is 0.275 e. The number of anilines is 1. The van der Waals surface area contributed by atoms with Gasteiger partial charge in [-0.15, -0.1) is 0 Å². The van der Waals surface area contributed by atoms with Crippen LogP contribution in [0.25, 0.3) is 4.96 Å². The molecule has 0 bridgehead atoms. The number of benzene rings is 1. The zero-order chi connectivity index (χ0) is 17.3. The largest absolute Gasteiger partial charge is 0.379 e. The van der Waals surface area contributed by atoms with Crippen molar-refractivity contribution in [1.82, 2.24) is 14.6 Å². The van der Waals surface area contributed by atoms with Gasteiger partial charge in [0.2, 0.25) is 10.9 Å². The lowest BCUT2D eigenvalue weighted by atomic mass is 10.2. The molecular formula is C15H14ClN5O2S. The van der Waals surface area contributed by atoms with Crippen molar-refractivity contribution in [3.05, 3.63) is 55.9 Å². The highest BCUT2D eigenvalue weighted by molar-refractivity contribution is 7.16. The molecule has 24 heavy (non-hydrogen) atoms. The van der Waals surface area contributed by atoms with Crippen LogP contribution in [0.2, 0.25) is 5.02 Å². The number of amides is 1. The number of fused-ring (bicyclic) bond motifs is 1. The molecule has 0 saturated carbocycles. The molecule has 0 aliphatic carbocycles. The van der Waals surface area contributed by atoms with Crippen LogP contribution in [-0.2, 0) is 13.0 Å². The van der Waals surface area contributed by atoms with Gasteiger partial charge in [0.15, 0.2) is 0 Å². The van der Waals surface area contributed by atoms with Gasteiger partial charge in [0.1, 0.15) is 5.01 Å². The maximum atomic E-state index is 12.1. The Hall–Kier alpha value is -2.45. The third-order valence-electron chi connectivity index (χ3n) is 3.35. The van der Waals surface area contributed by atoms with Crippen molar-refractivity contribution in [3.8, 4) is 0 Å². The van der Waals surface area contributed by atoms with Crippen LogP contribution in [0.4, 0.5) is 5.69 Å². The molecule has 0 aliphatic rings. The second kappa shape index (κ2) is 6.58. The van der Waals surface area contributed by atoms with Gasteiger partial charge in [0, 0.05) is 11.8 Å². The second-order valence-electron chi connectivity index (χ2n) is 5.04. The van der Waals surface area contributed by atoms with Gasteiger partial charge >= 0.3 is 0 Å². The Morgan fingerprint density at radius 1 is 1.42 bits per heavy atom. The van der Waals surface area contributed by atoms with Gasteiger partial charge in [-0.2, -0.15) is 9.61 Å². The van der Waals surface area contributed by atoms with Gasteiger partial charge in [-0.25, -0.2) is 4.98 Å². The number of hydrogen-bond donors (Lipinski definition) is 2. The molecule has 2 heterocycles. The first-order chi connectivity index (χ1) is 11.5. The summed E-state index contributed by atoms with van der Waals surface area (Å²) in [5.41, 5.74) is 6.56. The monoisotopic (exact) mass is 363 g/mol. The van der Waals surface area contributed by atoms with Crippen LogP contribution in [0.3, 0.4) is 0 Å². The number of nitrogens with one attached hydrogen (secondary N) is 1. The lowest BCUT2D eigenvalue weighted by Gasteiger charge is -2.08. The van der Waals surface area contributed by atoms with Crippen molar-refractivity contribution < 1.29 is 4.79 Å². The van der Waals surface area contributed by atoms with Crippen LogP contribution < -0.4 is 16.6 Å². The topological polar surface area (TPSA) is 102 Å². The summed E-state index contributed by atoms with van der Waals surface area (Å²) in [6, 6.07) is 6.29. The number of aromatic nitrogens is 3. The fourth-order valence-electron chi connectivity index (χ4n) is 2.15. The van der Waals surface area contributed by atoms with E-state index < -0.39 is 5.91 Å². The highest BCUT2D eigenvalue weighted by atomic mass is 35.5. The maximum absolute atomic E-state index is 12.1. The Morgan fingerprint density at radius 2 is 2.21 bits per heavy atom. The van der Waals surface area contributed by atoms with Crippen molar-refractivity contribution in [3.63, 3.8) is 0 Å². The van der Waals surface area contributed by atoms with Crippen LogP contribution >= 0.6 is 22.9 Å². The van der Waals surface area contributed by atoms with Gasteiger partial charge in [0.25, 0.3) is 5.56 Å². The summed E-state index contributed by atoms with van der Waals surface area (Å²) in [5, 5.41) is 8.45. The first-order valence-electron chi connectivity index (χ1n) is 7.20. The van der Waals surface area contributed by atoms with Crippen LogP contribution in [0.15, 0.2) is 29.1 Å². The summed E-state index contributed by atoms with van der Waals surface area (Å²) < 4.78 is 1.31. The Morgan fingerprint density at radius 3 is 2.88 bits per heavy atom. The van der Waals surface area contributed by atoms with Crippen LogP contribution in [0, 0.1) is 0 Å². The summed E-state index contributed by atoms with van der Waals surface area (Å²) in [6.45, 7) is 2.32. The molecule has 0 aliphatic heterocycles. The number of nitrogens with zero attached hydrogens (tertiary/aromatic N) is 3. The van der Waals surface area contributed by atoms with Crippen LogP contribution in [0.1, 0.15) is 28.0 Å². The molecule has 3 aromatic rings. The standard InChI is InChI=1S/C15H14ClN5O2S/c1-2-12-20-21-13(22)6-9(19-15(21)24-12)7-18-8-3-4-10(14(17)23)11(16)5-8/h3-6,18H,2,7H2,1H3,(H2,17,23). The second-order valence-corrected chi connectivity index (χ2v) is 6.49. The van der Waals surface area contributed by atoms with E-state index in [0.29, 0.717) is 22.9 Å². The van der Waals surface area contributed by atoms with Crippen LogP contribution in [0.5, 0.6) is 0 Å². The molecular weight excluding hydrogens is 350 g/mol. The lowest BCUT2D eigenvalue weighted by molar-refractivity contribution is 0.100. The molecule has 0 unspecified atom stereocenters. The predicted molar refractivity (Wildman–Crippen MR) is 93.8 cm³/mol. The van der Waals surface area contributed by atoms with Crippen LogP contribution in [-0.4, -0.2) is 20.5 Å². The van der Waals surface area contributed by atoms with E-state index in [1.54, 1.807) is 18.2 Å². The molecule has 124 valence electrons. The molecule has 3 rings (SSSR count). The number of rotatable bonds is 5. The van der Waals surface area contributed by atoms with Crippen molar-refractivity contribution in [2.45, 2.75) is 19.9 Å². The maximum Gasteiger partial charge on any atom is 0.275 e. The lowest BCUT2D eigenvalue weighted by Crippen LogP contribution is -2.17. The first kappa shape index (κ1) is 16.4. The number of carbonyl (C=O) groups excluding carboxylic acids is 1. The van der Waals surface area contributed by atoms with E-state index in [9.17, 15) is 9.59 Å². The zero-order valence-corrected chi connectivity index (χ0v) is 14.3. The van der Waals surface area contributed by atoms with Gasteiger partial charge in [-0.05, 0) is 24.6 Å². The molecule has 0 spiro atoms. The molecule has 0 fully saturated rings. The third-order valence-corrected chi connectivity index (χ3v) is 4.72. The summed E-state index contributed by atoms with van der Waals surface area (Å²) in [5.74, 6) is -0.580. The Bertz CT molecular complexity index is 982. The van der Waals surface area contributed by atoms with Crippen molar-refractivity contribution in [1.29, 1.82) is 0 Å². The Labute approximate surface area is 146 Å². The minimum atomic E-state index is -0.580. The number of halogens is 1. The van der Waals surface area contributed by atoms with E-state index in [1.807, 2.05) is 6.92 Å². The van der Waals surface area contributed by atoms with Gasteiger partial charge < -0.3 is 11.1 Å². The van der Waals surface area contributed by atoms with E-state index in [0.717, 1.165) is 11.4 Å². The molecule has 9 heteroatoms. The SMILES string of the molecule is CCc1nn2c(=O)cc(CNc3ccc(C(N)=O)c(Cl)c3)nc2s1. The summed E-state index contributed by atoms with van der Waals surface area (Å²) in [4.78, 5) is 28.3. The fraction of sp³-hybridized carbons (Fsp3) is 0.200. The minimum Gasteiger partial charge on any atom is -0.379 e. The highest BCUT2D eigenvalue weighted by Crippen LogP contribution is 2.21. The average molecular weight is 364 g/mol. The summed E-state index contributed by atoms with van der Waals surface area (Å²) in [7, 11) is 0. The molecule has 0 radical (unpaired) electrons. The van der Waals surface area contributed by atoms with E-state index in [4.69, 9.17) is 17.3 Å². The van der Waals surface area contributed by atoms with Crippen molar-refractivity contribution in [2.75, 3.05) is 5.32 Å². The van der Waals surface area contributed by atoms with Gasteiger partial charge in [-0.1, -0.05) is 29.9 Å². The summed E-state index contributed by atoms with van der Waals surface area (Å²) in [6.07, 6.45) is 0.756. The first-order valence-corrected chi connectivity index (χ1v) is 8.39. The molecule has 1 amide bonds.